The van der Waals surface area contributed by atoms with Gasteiger partial charge in [0.05, 0.1) is 12.2 Å². The van der Waals surface area contributed by atoms with E-state index >= 15 is 0 Å². The van der Waals surface area contributed by atoms with Crippen LogP contribution in [0.5, 0.6) is 5.75 Å². The first-order valence-corrected chi connectivity index (χ1v) is 7.56. The summed E-state index contributed by atoms with van der Waals surface area (Å²) in [5.41, 5.74) is 0.411. The zero-order valence-electron chi connectivity index (χ0n) is 13.2. The summed E-state index contributed by atoms with van der Waals surface area (Å²) in [6.07, 6.45) is 2.09. The summed E-state index contributed by atoms with van der Waals surface area (Å²) in [6.45, 7) is 6.87. The predicted molar refractivity (Wildman–Crippen MR) is 84.3 cm³/mol. The highest BCUT2D eigenvalue weighted by Crippen LogP contribution is 2.22. The molecule has 0 aliphatic heterocycles. The number of rotatable bonds is 9. The second-order valence-electron chi connectivity index (χ2n) is 5.58. The number of nitrogens with one attached hydrogen (secondary N) is 1. The van der Waals surface area contributed by atoms with E-state index in [0.717, 1.165) is 24.3 Å². The largest absolute Gasteiger partial charge is 0.490 e. The van der Waals surface area contributed by atoms with Crippen LogP contribution < -0.4 is 10.1 Å². The van der Waals surface area contributed by atoms with E-state index in [1.54, 1.807) is 0 Å². The third kappa shape index (κ3) is 5.74. The molecular formula is C17H26N2O2. The molecule has 0 fully saturated rings. The van der Waals surface area contributed by atoms with E-state index in [1.165, 1.54) is 0 Å². The molecule has 2 N–H and O–H groups in total. The Morgan fingerprint density at radius 2 is 2.14 bits per heavy atom. The van der Waals surface area contributed by atoms with Gasteiger partial charge in [-0.3, -0.25) is 5.32 Å². The average molecular weight is 290 g/mol. The van der Waals surface area contributed by atoms with Crippen LogP contribution in [-0.2, 0) is 6.42 Å². The summed E-state index contributed by atoms with van der Waals surface area (Å²) in [5.74, 6) is 0.787. The molecule has 1 rings (SSSR count). The molecule has 0 aliphatic rings. The fraction of sp³-hybridized carbons (Fsp3) is 0.588. The molecule has 0 heterocycles. The summed E-state index contributed by atoms with van der Waals surface area (Å²) in [7, 11) is 0. The van der Waals surface area contributed by atoms with Crippen molar-refractivity contribution in [3.8, 4) is 11.8 Å². The van der Waals surface area contributed by atoms with Gasteiger partial charge in [-0.2, -0.15) is 5.26 Å². The second-order valence-corrected chi connectivity index (χ2v) is 5.58. The number of para-hydroxylation sites is 1. The number of nitriles is 1. The Morgan fingerprint density at radius 1 is 1.43 bits per heavy atom. The predicted octanol–water partition coefficient (Wildman–Crippen LogP) is 2.66. The van der Waals surface area contributed by atoms with E-state index in [-0.39, 0.29) is 12.7 Å². The maximum absolute atomic E-state index is 9.36. The van der Waals surface area contributed by atoms with E-state index < -0.39 is 5.54 Å². The van der Waals surface area contributed by atoms with Crippen molar-refractivity contribution >= 4 is 0 Å². The van der Waals surface area contributed by atoms with E-state index in [0.29, 0.717) is 12.8 Å². The fourth-order valence-electron chi connectivity index (χ4n) is 2.34. The van der Waals surface area contributed by atoms with Gasteiger partial charge in [0.15, 0.2) is 0 Å². The summed E-state index contributed by atoms with van der Waals surface area (Å²) < 4.78 is 5.97. The summed E-state index contributed by atoms with van der Waals surface area (Å²) in [6, 6.07) is 10.1. The third-order valence-corrected chi connectivity index (χ3v) is 3.39. The van der Waals surface area contributed by atoms with Gasteiger partial charge in [-0.25, -0.2) is 0 Å². The Labute approximate surface area is 127 Å². The lowest BCUT2D eigenvalue weighted by Crippen LogP contribution is -2.44. The molecule has 116 valence electrons. The van der Waals surface area contributed by atoms with Crippen molar-refractivity contribution in [1.29, 1.82) is 5.26 Å². The molecule has 0 radical (unpaired) electrons. The van der Waals surface area contributed by atoms with Gasteiger partial charge < -0.3 is 9.84 Å². The van der Waals surface area contributed by atoms with Gasteiger partial charge in [-0.15, -0.1) is 0 Å². The molecule has 4 heteroatoms. The lowest BCUT2D eigenvalue weighted by molar-refractivity contribution is 0.177. The van der Waals surface area contributed by atoms with E-state index in [4.69, 9.17) is 9.84 Å². The molecule has 0 bridgehead atoms. The van der Waals surface area contributed by atoms with Crippen LogP contribution in [0.25, 0.3) is 0 Å². The highest BCUT2D eigenvalue weighted by molar-refractivity contribution is 5.33. The minimum absolute atomic E-state index is 0.0844. The van der Waals surface area contributed by atoms with Crippen molar-refractivity contribution < 1.29 is 9.84 Å². The maximum atomic E-state index is 9.36. The SMILES string of the molecule is CCCNC(C)(C#N)CC(C)Oc1ccccc1CCO. The minimum Gasteiger partial charge on any atom is -0.490 e. The highest BCUT2D eigenvalue weighted by Gasteiger charge is 2.26. The van der Waals surface area contributed by atoms with Crippen molar-refractivity contribution in [2.45, 2.75) is 51.7 Å². The Kier molecular flexibility index (Phi) is 7.21. The first-order chi connectivity index (χ1) is 10.0. The molecule has 1 aromatic rings. The molecule has 21 heavy (non-hydrogen) atoms. The van der Waals surface area contributed by atoms with Gasteiger partial charge in [0.25, 0.3) is 0 Å². The smallest absolute Gasteiger partial charge is 0.122 e. The van der Waals surface area contributed by atoms with E-state index in [2.05, 4.69) is 18.3 Å². The summed E-state index contributed by atoms with van der Waals surface area (Å²) >= 11 is 0. The van der Waals surface area contributed by atoms with Crippen molar-refractivity contribution in [2.24, 2.45) is 0 Å². The third-order valence-electron chi connectivity index (χ3n) is 3.39. The average Bonchev–Trinajstić information content (AvgIpc) is 2.47. The van der Waals surface area contributed by atoms with Crippen LogP contribution in [-0.4, -0.2) is 29.9 Å². The number of nitrogens with zero attached hydrogens (tertiary/aromatic N) is 1. The maximum Gasteiger partial charge on any atom is 0.122 e. The van der Waals surface area contributed by atoms with E-state index in [9.17, 15) is 5.26 Å². The normalized spacial score (nSPS) is 15.0. The quantitative estimate of drug-likeness (QED) is 0.734. The topological polar surface area (TPSA) is 65.3 Å². The molecule has 1 aromatic carbocycles. The molecular weight excluding hydrogens is 264 g/mol. The second kappa shape index (κ2) is 8.66. The lowest BCUT2D eigenvalue weighted by atomic mass is 9.96. The first kappa shape index (κ1) is 17.5. The van der Waals surface area contributed by atoms with Crippen molar-refractivity contribution in [1.82, 2.24) is 5.32 Å². The molecule has 0 aromatic heterocycles. The van der Waals surface area contributed by atoms with Crippen molar-refractivity contribution in [3.63, 3.8) is 0 Å². The Balaban J connectivity index is 2.68. The van der Waals surface area contributed by atoms with Crippen LogP contribution in [0.3, 0.4) is 0 Å². The molecule has 0 saturated heterocycles. The summed E-state index contributed by atoms with van der Waals surface area (Å²) in [4.78, 5) is 0. The Bertz CT molecular complexity index is 470. The fourth-order valence-corrected chi connectivity index (χ4v) is 2.34. The van der Waals surface area contributed by atoms with Crippen LogP contribution >= 0.6 is 0 Å². The molecule has 0 amide bonds. The number of ether oxygens (including phenoxy) is 1. The van der Waals surface area contributed by atoms with Crippen LogP contribution in [0, 0.1) is 11.3 Å². The highest BCUT2D eigenvalue weighted by atomic mass is 16.5. The molecule has 2 unspecified atom stereocenters. The van der Waals surface area contributed by atoms with Crippen LogP contribution in [0.15, 0.2) is 24.3 Å². The van der Waals surface area contributed by atoms with Gasteiger partial charge in [-0.05, 0) is 44.9 Å². The number of benzene rings is 1. The minimum atomic E-state index is -0.582. The number of aliphatic hydroxyl groups excluding tert-OH is 1. The Hall–Kier alpha value is -1.57. The van der Waals surface area contributed by atoms with Crippen molar-refractivity contribution in [2.75, 3.05) is 13.2 Å². The van der Waals surface area contributed by atoms with Crippen LogP contribution in [0.1, 0.15) is 39.2 Å². The van der Waals surface area contributed by atoms with Gasteiger partial charge in [-0.1, -0.05) is 25.1 Å². The van der Waals surface area contributed by atoms with Gasteiger partial charge in [0.2, 0.25) is 0 Å². The number of aliphatic hydroxyl groups is 1. The lowest BCUT2D eigenvalue weighted by Gasteiger charge is -2.27. The van der Waals surface area contributed by atoms with Crippen molar-refractivity contribution in [3.05, 3.63) is 29.8 Å². The summed E-state index contributed by atoms with van der Waals surface area (Å²) in [5, 5.41) is 21.7. The van der Waals surface area contributed by atoms with Crippen LogP contribution in [0.2, 0.25) is 0 Å². The van der Waals surface area contributed by atoms with Crippen LogP contribution in [0.4, 0.5) is 0 Å². The zero-order valence-corrected chi connectivity index (χ0v) is 13.2. The monoisotopic (exact) mass is 290 g/mol. The van der Waals surface area contributed by atoms with Gasteiger partial charge >= 0.3 is 0 Å². The molecule has 0 spiro atoms. The zero-order chi connectivity index (χ0) is 15.7. The van der Waals surface area contributed by atoms with Gasteiger partial charge in [0, 0.05) is 13.0 Å². The standard InChI is InChI=1S/C17H26N2O2/c1-4-10-19-17(3,13-18)12-14(2)21-16-8-6-5-7-15(16)9-11-20/h5-8,14,19-20H,4,9-12H2,1-3H3. The van der Waals surface area contributed by atoms with Gasteiger partial charge in [0.1, 0.15) is 11.3 Å². The molecule has 4 nitrogen and oxygen atoms in total. The molecule has 0 saturated carbocycles. The first-order valence-electron chi connectivity index (χ1n) is 7.56. The number of hydrogen-bond donors (Lipinski definition) is 2. The Morgan fingerprint density at radius 3 is 2.76 bits per heavy atom. The molecule has 0 aliphatic carbocycles. The molecule has 2 atom stereocenters. The van der Waals surface area contributed by atoms with E-state index in [1.807, 2.05) is 38.1 Å². The number of hydrogen-bond acceptors (Lipinski definition) is 4.